The first kappa shape index (κ1) is 17.7. The lowest BCUT2D eigenvalue weighted by Gasteiger charge is -2.32. The van der Waals surface area contributed by atoms with Gasteiger partial charge in [-0.2, -0.15) is 5.10 Å². The third-order valence-electron chi connectivity index (χ3n) is 5.74. The number of fused-ring (bicyclic) bond motifs is 1. The van der Waals surface area contributed by atoms with Crippen molar-refractivity contribution < 1.29 is 4.79 Å². The molecule has 0 aliphatic carbocycles. The number of likely N-dealkylation sites (tertiary alicyclic amines) is 1. The number of imidazole rings is 1. The first-order chi connectivity index (χ1) is 14.3. The van der Waals surface area contributed by atoms with E-state index in [1.54, 1.807) is 6.20 Å². The highest BCUT2D eigenvalue weighted by atomic mass is 16.2. The Hall–Kier alpha value is -3.41. The van der Waals surface area contributed by atoms with Gasteiger partial charge in [0.05, 0.1) is 12.4 Å². The van der Waals surface area contributed by atoms with E-state index < -0.39 is 0 Å². The Balaban J connectivity index is 1.36. The SMILES string of the molecule is O=C(c1cnc2ccccn12)N1CCC[C@@H](c2[nH]ncc2Cc2ccccc2)C1. The van der Waals surface area contributed by atoms with Crippen LogP contribution in [-0.4, -0.2) is 43.5 Å². The van der Waals surface area contributed by atoms with Gasteiger partial charge >= 0.3 is 0 Å². The van der Waals surface area contributed by atoms with E-state index >= 15 is 0 Å². The van der Waals surface area contributed by atoms with Crippen LogP contribution in [0.1, 0.15) is 46.1 Å². The summed E-state index contributed by atoms with van der Waals surface area (Å²) in [4.78, 5) is 19.5. The second kappa shape index (κ2) is 7.54. The molecule has 0 spiro atoms. The largest absolute Gasteiger partial charge is 0.337 e. The standard InChI is InChI=1S/C23H23N5O/c29-23(20-15-24-21-10-4-5-12-28(20)21)27-11-6-9-18(16-27)22-19(14-25-26-22)13-17-7-2-1-3-8-17/h1-5,7-8,10,12,14-15,18H,6,9,11,13,16H2,(H,25,26)/t18-/m1/s1. The van der Waals surface area contributed by atoms with Gasteiger partial charge in [-0.1, -0.05) is 36.4 Å². The third kappa shape index (κ3) is 3.42. The average molecular weight is 385 g/mol. The smallest absolute Gasteiger partial charge is 0.272 e. The number of amides is 1. The van der Waals surface area contributed by atoms with E-state index in [0.717, 1.165) is 37.1 Å². The molecule has 5 rings (SSSR count). The zero-order chi connectivity index (χ0) is 19.6. The number of carbonyl (C=O) groups is 1. The Bertz CT molecular complexity index is 1130. The molecule has 4 aromatic rings. The van der Waals surface area contributed by atoms with E-state index in [4.69, 9.17) is 0 Å². The zero-order valence-electron chi connectivity index (χ0n) is 16.2. The molecule has 1 amide bonds. The third-order valence-corrected chi connectivity index (χ3v) is 5.74. The van der Waals surface area contributed by atoms with Gasteiger partial charge in [0.1, 0.15) is 11.3 Å². The van der Waals surface area contributed by atoms with Gasteiger partial charge in [-0.3, -0.25) is 14.3 Å². The van der Waals surface area contributed by atoms with Gasteiger partial charge in [-0.15, -0.1) is 0 Å². The average Bonchev–Trinajstić information content (AvgIpc) is 3.41. The molecule has 0 bridgehead atoms. The lowest BCUT2D eigenvalue weighted by molar-refractivity contribution is 0.0698. The molecule has 1 aliphatic heterocycles. The number of hydrogen-bond acceptors (Lipinski definition) is 3. The summed E-state index contributed by atoms with van der Waals surface area (Å²) in [6, 6.07) is 16.2. The van der Waals surface area contributed by atoms with Gasteiger partial charge in [0.2, 0.25) is 0 Å². The maximum Gasteiger partial charge on any atom is 0.272 e. The highest BCUT2D eigenvalue weighted by Gasteiger charge is 2.29. The quantitative estimate of drug-likeness (QED) is 0.583. The molecule has 6 heteroatoms. The van der Waals surface area contributed by atoms with Crippen LogP contribution < -0.4 is 0 Å². The number of hydrogen-bond donors (Lipinski definition) is 1. The number of pyridine rings is 1. The predicted molar refractivity (Wildman–Crippen MR) is 111 cm³/mol. The summed E-state index contributed by atoms with van der Waals surface area (Å²) in [6.45, 7) is 1.47. The first-order valence-electron chi connectivity index (χ1n) is 10.1. The first-order valence-corrected chi connectivity index (χ1v) is 10.1. The molecule has 0 saturated carbocycles. The molecule has 1 aliphatic rings. The summed E-state index contributed by atoms with van der Waals surface area (Å²) in [5, 5.41) is 7.53. The number of nitrogens with one attached hydrogen (secondary N) is 1. The Morgan fingerprint density at radius 3 is 2.86 bits per heavy atom. The number of aromatic amines is 1. The van der Waals surface area contributed by atoms with Crippen molar-refractivity contribution in [3.05, 3.63) is 89.6 Å². The molecule has 1 atom stereocenters. The molecular formula is C23H23N5O. The van der Waals surface area contributed by atoms with Crippen LogP contribution in [0.2, 0.25) is 0 Å². The molecular weight excluding hydrogens is 362 g/mol. The Morgan fingerprint density at radius 1 is 1.10 bits per heavy atom. The van der Waals surface area contributed by atoms with Crippen molar-refractivity contribution in [2.45, 2.75) is 25.2 Å². The van der Waals surface area contributed by atoms with E-state index in [1.165, 1.54) is 11.1 Å². The van der Waals surface area contributed by atoms with Crippen molar-refractivity contribution in [1.82, 2.24) is 24.5 Å². The zero-order valence-corrected chi connectivity index (χ0v) is 16.2. The minimum atomic E-state index is 0.0394. The van der Waals surface area contributed by atoms with Crippen LogP contribution in [0, 0.1) is 0 Å². The molecule has 146 valence electrons. The summed E-state index contributed by atoms with van der Waals surface area (Å²) >= 11 is 0. The van der Waals surface area contributed by atoms with Crippen LogP contribution in [0.5, 0.6) is 0 Å². The van der Waals surface area contributed by atoms with E-state index in [0.29, 0.717) is 12.2 Å². The molecule has 6 nitrogen and oxygen atoms in total. The lowest BCUT2D eigenvalue weighted by atomic mass is 9.90. The van der Waals surface area contributed by atoms with Crippen molar-refractivity contribution in [3.8, 4) is 0 Å². The topological polar surface area (TPSA) is 66.3 Å². The molecule has 1 aromatic carbocycles. The van der Waals surface area contributed by atoms with Gasteiger partial charge < -0.3 is 4.90 Å². The van der Waals surface area contributed by atoms with Crippen molar-refractivity contribution in [2.75, 3.05) is 13.1 Å². The predicted octanol–water partition coefficient (Wildman–Crippen LogP) is 3.67. The number of rotatable bonds is 4. The maximum absolute atomic E-state index is 13.2. The van der Waals surface area contributed by atoms with Crippen molar-refractivity contribution >= 4 is 11.6 Å². The number of carbonyl (C=O) groups excluding carboxylic acids is 1. The summed E-state index contributed by atoms with van der Waals surface area (Å²) in [6.07, 6.45) is 8.39. The Labute approximate surface area is 169 Å². The van der Waals surface area contributed by atoms with Crippen LogP contribution in [0.3, 0.4) is 0 Å². The molecule has 1 saturated heterocycles. The Morgan fingerprint density at radius 2 is 1.97 bits per heavy atom. The van der Waals surface area contributed by atoms with Crippen LogP contribution in [-0.2, 0) is 6.42 Å². The van der Waals surface area contributed by atoms with Gasteiger partial charge in [0.25, 0.3) is 5.91 Å². The number of aromatic nitrogens is 4. The minimum absolute atomic E-state index is 0.0394. The fraction of sp³-hybridized carbons (Fsp3) is 0.261. The molecule has 4 heterocycles. The van der Waals surface area contributed by atoms with E-state index in [9.17, 15) is 4.79 Å². The summed E-state index contributed by atoms with van der Waals surface area (Å²) < 4.78 is 1.86. The highest BCUT2D eigenvalue weighted by molar-refractivity contribution is 5.93. The highest BCUT2D eigenvalue weighted by Crippen LogP contribution is 2.29. The van der Waals surface area contributed by atoms with Gasteiger partial charge in [-0.25, -0.2) is 4.98 Å². The fourth-order valence-electron chi connectivity index (χ4n) is 4.28. The van der Waals surface area contributed by atoms with Crippen LogP contribution in [0.4, 0.5) is 0 Å². The van der Waals surface area contributed by atoms with Crippen molar-refractivity contribution in [2.24, 2.45) is 0 Å². The second-order valence-corrected chi connectivity index (χ2v) is 7.63. The Kier molecular flexibility index (Phi) is 4.60. The molecule has 0 radical (unpaired) electrons. The molecule has 29 heavy (non-hydrogen) atoms. The number of benzene rings is 1. The van der Waals surface area contributed by atoms with E-state index in [1.807, 2.05) is 46.0 Å². The van der Waals surface area contributed by atoms with Crippen molar-refractivity contribution in [3.63, 3.8) is 0 Å². The van der Waals surface area contributed by atoms with Gasteiger partial charge in [0, 0.05) is 37.3 Å². The molecule has 3 aromatic heterocycles. The molecule has 0 unspecified atom stereocenters. The number of H-pyrrole nitrogens is 1. The monoisotopic (exact) mass is 385 g/mol. The maximum atomic E-state index is 13.2. The van der Waals surface area contributed by atoms with E-state index in [-0.39, 0.29) is 11.8 Å². The number of piperidine rings is 1. The molecule has 1 fully saturated rings. The molecule has 1 N–H and O–H groups in total. The minimum Gasteiger partial charge on any atom is -0.337 e. The summed E-state index contributed by atoms with van der Waals surface area (Å²) in [5.41, 5.74) is 5.05. The van der Waals surface area contributed by atoms with Gasteiger partial charge in [0.15, 0.2) is 0 Å². The fourth-order valence-corrected chi connectivity index (χ4v) is 4.28. The van der Waals surface area contributed by atoms with Gasteiger partial charge in [-0.05, 0) is 36.1 Å². The second-order valence-electron chi connectivity index (χ2n) is 7.63. The van der Waals surface area contributed by atoms with Crippen LogP contribution in [0.15, 0.2) is 67.1 Å². The normalized spacial score (nSPS) is 17.0. The number of nitrogens with zero attached hydrogens (tertiary/aromatic N) is 4. The van der Waals surface area contributed by atoms with Crippen molar-refractivity contribution in [1.29, 1.82) is 0 Å². The lowest BCUT2D eigenvalue weighted by Crippen LogP contribution is -2.39. The summed E-state index contributed by atoms with van der Waals surface area (Å²) in [5.74, 6) is 0.311. The van der Waals surface area contributed by atoms with Crippen LogP contribution >= 0.6 is 0 Å². The van der Waals surface area contributed by atoms with E-state index in [2.05, 4.69) is 39.4 Å². The van der Waals surface area contributed by atoms with Crippen LogP contribution in [0.25, 0.3) is 5.65 Å². The summed E-state index contributed by atoms with van der Waals surface area (Å²) in [7, 11) is 0.